The zero-order valence-electron chi connectivity index (χ0n) is 12.1. The van der Waals surface area contributed by atoms with Crippen LogP contribution in [0.15, 0.2) is 18.2 Å². The molecule has 21 heavy (non-hydrogen) atoms. The summed E-state index contributed by atoms with van der Waals surface area (Å²) in [6, 6.07) is 3.16. The molecule has 0 bridgehead atoms. The maximum absolute atomic E-state index is 14.0. The van der Waals surface area contributed by atoms with Crippen molar-refractivity contribution in [2.24, 2.45) is 5.92 Å². The van der Waals surface area contributed by atoms with Gasteiger partial charge in [-0.2, -0.15) is 0 Å². The molecule has 1 fully saturated rings. The smallest absolute Gasteiger partial charge is 0.248 e. The minimum Gasteiger partial charge on any atom is -0.310 e. The molecular weight excluding hydrogens is 282 g/mol. The summed E-state index contributed by atoms with van der Waals surface area (Å²) in [6.45, 7) is 2.66. The monoisotopic (exact) mass is 303 g/mol. The van der Waals surface area contributed by atoms with Crippen LogP contribution in [-0.4, -0.2) is 12.5 Å². The Balaban J connectivity index is 2.18. The van der Waals surface area contributed by atoms with E-state index >= 15 is 0 Å². The second-order valence-electron chi connectivity index (χ2n) is 5.79. The first-order chi connectivity index (χ1) is 9.93. The van der Waals surface area contributed by atoms with E-state index in [0.29, 0.717) is 24.9 Å². The highest BCUT2D eigenvalue weighted by Crippen LogP contribution is 2.41. The average molecular weight is 303 g/mol. The van der Waals surface area contributed by atoms with E-state index in [-0.39, 0.29) is 24.8 Å². The Kier molecular flexibility index (Phi) is 5.25. The summed E-state index contributed by atoms with van der Waals surface area (Å²) in [4.78, 5) is 0. The molecule has 0 aliphatic heterocycles. The average Bonchev–Trinajstić information content (AvgIpc) is 2.42. The van der Waals surface area contributed by atoms with E-state index in [0.717, 1.165) is 12.5 Å². The maximum atomic E-state index is 14.0. The Hall–Kier alpha value is -1.10. The fraction of sp³-hybridized carbons (Fsp3) is 0.625. The number of rotatable bonds is 5. The Morgan fingerprint density at radius 3 is 2.48 bits per heavy atom. The Morgan fingerprint density at radius 1 is 1.24 bits per heavy atom. The highest BCUT2D eigenvalue weighted by atomic mass is 19.3. The standard InChI is InChI=1S/C16H21F4N/c1-2-9-21-15(11-5-7-16(19,20)8-6-11)13-4-3-12(17)10-14(13)18/h3-4,10-11,15,21H,2,5-9H2,1H3. The van der Waals surface area contributed by atoms with Crippen LogP contribution < -0.4 is 5.32 Å². The Morgan fingerprint density at radius 2 is 1.90 bits per heavy atom. The molecule has 2 rings (SSSR count). The minimum absolute atomic E-state index is 0.0452. The molecule has 1 N–H and O–H groups in total. The molecule has 1 aromatic carbocycles. The summed E-state index contributed by atoms with van der Waals surface area (Å²) in [6.07, 6.45) is 1.24. The van der Waals surface area contributed by atoms with Crippen molar-refractivity contribution in [2.75, 3.05) is 6.54 Å². The first-order valence-electron chi connectivity index (χ1n) is 7.49. The van der Waals surface area contributed by atoms with Gasteiger partial charge in [0.15, 0.2) is 0 Å². The topological polar surface area (TPSA) is 12.0 Å². The van der Waals surface area contributed by atoms with Crippen LogP contribution in [0.2, 0.25) is 0 Å². The van der Waals surface area contributed by atoms with Crippen LogP contribution in [-0.2, 0) is 0 Å². The van der Waals surface area contributed by atoms with Crippen molar-refractivity contribution in [3.63, 3.8) is 0 Å². The lowest BCUT2D eigenvalue weighted by Gasteiger charge is -2.34. The summed E-state index contributed by atoms with van der Waals surface area (Å²) in [5.74, 6) is -3.88. The molecule has 1 aliphatic carbocycles. The Labute approximate surface area is 122 Å². The summed E-state index contributed by atoms with van der Waals surface area (Å²) in [5.41, 5.74) is 0.375. The molecule has 0 spiro atoms. The predicted molar refractivity (Wildman–Crippen MR) is 74.3 cm³/mol. The third-order valence-corrected chi connectivity index (χ3v) is 4.14. The number of hydrogen-bond donors (Lipinski definition) is 1. The number of alkyl halides is 2. The van der Waals surface area contributed by atoms with Gasteiger partial charge in [0, 0.05) is 30.5 Å². The SMILES string of the molecule is CCCNC(c1ccc(F)cc1F)C1CCC(F)(F)CC1. The van der Waals surface area contributed by atoms with Gasteiger partial charge in [-0.25, -0.2) is 17.6 Å². The molecule has 5 heteroatoms. The van der Waals surface area contributed by atoms with E-state index in [1.165, 1.54) is 12.1 Å². The van der Waals surface area contributed by atoms with Crippen LogP contribution in [0.25, 0.3) is 0 Å². The number of hydrogen-bond acceptors (Lipinski definition) is 1. The van der Waals surface area contributed by atoms with E-state index in [4.69, 9.17) is 0 Å². The van der Waals surface area contributed by atoms with Gasteiger partial charge in [-0.05, 0) is 37.8 Å². The summed E-state index contributed by atoms with van der Waals surface area (Å²) < 4.78 is 53.6. The van der Waals surface area contributed by atoms with Crippen molar-refractivity contribution >= 4 is 0 Å². The predicted octanol–water partition coefficient (Wildman–Crippen LogP) is 4.83. The third kappa shape index (κ3) is 4.19. The summed E-state index contributed by atoms with van der Waals surface area (Å²) >= 11 is 0. The van der Waals surface area contributed by atoms with Gasteiger partial charge in [-0.15, -0.1) is 0 Å². The van der Waals surface area contributed by atoms with E-state index in [1.807, 2.05) is 6.92 Å². The summed E-state index contributed by atoms with van der Waals surface area (Å²) in [5, 5.41) is 3.24. The van der Waals surface area contributed by atoms with E-state index in [1.54, 1.807) is 0 Å². The largest absolute Gasteiger partial charge is 0.310 e. The first-order valence-corrected chi connectivity index (χ1v) is 7.49. The van der Waals surface area contributed by atoms with Gasteiger partial charge in [0.2, 0.25) is 5.92 Å². The van der Waals surface area contributed by atoms with Crippen LogP contribution in [0.3, 0.4) is 0 Å². The molecule has 0 radical (unpaired) electrons. The van der Waals surface area contributed by atoms with E-state index < -0.39 is 17.6 Å². The van der Waals surface area contributed by atoms with Gasteiger partial charge >= 0.3 is 0 Å². The van der Waals surface area contributed by atoms with Crippen molar-refractivity contribution in [2.45, 2.75) is 51.0 Å². The lowest BCUT2D eigenvalue weighted by atomic mass is 9.79. The van der Waals surface area contributed by atoms with Gasteiger partial charge < -0.3 is 5.32 Å². The quantitative estimate of drug-likeness (QED) is 0.768. The fourth-order valence-electron chi connectivity index (χ4n) is 2.98. The van der Waals surface area contributed by atoms with Crippen LogP contribution in [0.1, 0.15) is 50.6 Å². The van der Waals surface area contributed by atoms with Gasteiger partial charge in [0.05, 0.1) is 0 Å². The highest BCUT2D eigenvalue weighted by Gasteiger charge is 2.38. The molecular formula is C16H21F4N. The molecule has 1 nitrogen and oxygen atoms in total. The van der Waals surface area contributed by atoms with Crippen molar-refractivity contribution in [1.29, 1.82) is 0 Å². The molecule has 1 aromatic rings. The molecule has 0 aromatic heterocycles. The van der Waals surface area contributed by atoms with Crippen LogP contribution in [0.5, 0.6) is 0 Å². The van der Waals surface area contributed by atoms with Gasteiger partial charge in [0.25, 0.3) is 0 Å². The normalized spacial score (nSPS) is 20.4. The van der Waals surface area contributed by atoms with E-state index in [9.17, 15) is 17.6 Å². The van der Waals surface area contributed by atoms with E-state index in [2.05, 4.69) is 5.32 Å². The number of nitrogens with one attached hydrogen (secondary N) is 1. The van der Waals surface area contributed by atoms with Crippen molar-refractivity contribution in [3.05, 3.63) is 35.4 Å². The highest BCUT2D eigenvalue weighted by molar-refractivity contribution is 5.23. The zero-order chi connectivity index (χ0) is 15.5. The molecule has 1 aliphatic rings. The lowest BCUT2D eigenvalue weighted by molar-refractivity contribution is -0.0498. The molecule has 1 atom stereocenters. The molecule has 0 heterocycles. The van der Waals surface area contributed by atoms with Crippen molar-refractivity contribution < 1.29 is 17.6 Å². The fourth-order valence-corrected chi connectivity index (χ4v) is 2.98. The van der Waals surface area contributed by atoms with Gasteiger partial charge in [-0.1, -0.05) is 13.0 Å². The summed E-state index contributed by atoms with van der Waals surface area (Å²) in [7, 11) is 0. The maximum Gasteiger partial charge on any atom is 0.248 e. The second-order valence-corrected chi connectivity index (χ2v) is 5.79. The lowest BCUT2D eigenvalue weighted by Crippen LogP contribution is -2.35. The first kappa shape index (κ1) is 16.3. The molecule has 118 valence electrons. The zero-order valence-corrected chi connectivity index (χ0v) is 12.1. The molecule has 0 saturated heterocycles. The Bertz CT molecular complexity index is 465. The van der Waals surface area contributed by atoms with Crippen molar-refractivity contribution in [1.82, 2.24) is 5.32 Å². The van der Waals surface area contributed by atoms with Crippen molar-refractivity contribution in [3.8, 4) is 0 Å². The van der Waals surface area contributed by atoms with Crippen LogP contribution in [0, 0.1) is 17.6 Å². The van der Waals surface area contributed by atoms with Gasteiger partial charge in [-0.3, -0.25) is 0 Å². The van der Waals surface area contributed by atoms with Crippen LogP contribution in [0.4, 0.5) is 17.6 Å². The number of halogens is 4. The molecule has 1 unspecified atom stereocenters. The molecule has 1 saturated carbocycles. The molecule has 0 amide bonds. The number of benzene rings is 1. The second kappa shape index (κ2) is 6.77. The van der Waals surface area contributed by atoms with Crippen LogP contribution >= 0.6 is 0 Å². The third-order valence-electron chi connectivity index (χ3n) is 4.14. The minimum atomic E-state index is -2.60. The van der Waals surface area contributed by atoms with Gasteiger partial charge in [0.1, 0.15) is 11.6 Å².